The first kappa shape index (κ1) is 26.6. The van der Waals surface area contributed by atoms with E-state index in [-0.39, 0.29) is 28.8 Å². The second-order valence-electron chi connectivity index (χ2n) is 10.2. The summed E-state index contributed by atoms with van der Waals surface area (Å²) in [6, 6.07) is 24.0. The summed E-state index contributed by atoms with van der Waals surface area (Å²) in [4.78, 5) is 12.3. The molecule has 1 fully saturated rings. The molecule has 1 aliphatic carbocycles. The number of sulfonamides is 1. The Bertz CT molecular complexity index is 1830. The molecule has 5 aromatic rings. The summed E-state index contributed by atoms with van der Waals surface area (Å²) in [7, 11) is -0.409. The van der Waals surface area contributed by atoms with Crippen molar-refractivity contribution in [2.45, 2.75) is 29.7 Å². The van der Waals surface area contributed by atoms with Gasteiger partial charge in [0.1, 0.15) is 5.56 Å². The molecule has 0 spiro atoms. The van der Waals surface area contributed by atoms with Gasteiger partial charge in [0.25, 0.3) is 0 Å². The Morgan fingerprint density at radius 1 is 1.00 bits per heavy atom. The highest BCUT2D eigenvalue weighted by Crippen LogP contribution is 2.55. The number of benzene rings is 3. The van der Waals surface area contributed by atoms with Crippen LogP contribution in [0.15, 0.2) is 96.2 Å². The van der Waals surface area contributed by atoms with Gasteiger partial charge in [0.05, 0.1) is 28.2 Å². The zero-order valence-corrected chi connectivity index (χ0v) is 23.3. The summed E-state index contributed by atoms with van der Waals surface area (Å²) in [5.41, 5.74) is 4.92. The zero-order valence-electron chi connectivity index (χ0n) is 22.5. The van der Waals surface area contributed by atoms with Crippen LogP contribution in [0, 0.1) is 0 Å². The number of rotatable bonds is 9. The lowest BCUT2D eigenvalue weighted by molar-refractivity contribution is 0.0695. The van der Waals surface area contributed by atoms with E-state index in [1.54, 1.807) is 35.6 Å². The highest BCUT2D eigenvalue weighted by atomic mass is 32.2. The van der Waals surface area contributed by atoms with Crippen LogP contribution < -0.4 is 0 Å². The van der Waals surface area contributed by atoms with E-state index in [0.29, 0.717) is 11.4 Å². The molecule has 41 heavy (non-hydrogen) atoms. The van der Waals surface area contributed by atoms with Crippen molar-refractivity contribution in [1.82, 2.24) is 29.1 Å². The molecular weight excluding hydrogens is 540 g/mol. The molecule has 10 nitrogen and oxygen atoms in total. The maximum atomic E-state index is 13.4. The summed E-state index contributed by atoms with van der Waals surface area (Å²) >= 11 is 0. The topological polar surface area (TPSA) is 123 Å². The summed E-state index contributed by atoms with van der Waals surface area (Å²) in [5, 5.41) is 22.5. The van der Waals surface area contributed by atoms with Crippen LogP contribution in [0.3, 0.4) is 0 Å². The van der Waals surface area contributed by atoms with E-state index in [1.165, 1.54) is 10.5 Å². The van der Waals surface area contributed by atoms with Gasteiger partial charge < -0.3 is 5.11 Å². The minimum atomic E-state index is -3.75. The number of carbonyl (C=O) groups is 1. The standard InChI is InChI=1S/C30H28N6O4S/c1-34-19-28(32-33-34)25-16-26(25)29-27(30(37)38)17-31-36(29)23-10-6-7-20(15-23)18-35(2)41(39,40)24-13-11-22(12-14-24)21-8-4-3-5-9-21/h3-15,17,19,25-26H,16,18H2,1-2H3,(H,37,38)/t25-,26-/m1/s1. The highest BCUT2D eigenvalue weighted by Gasteiger charge is 2.46. The number of carboxylic acids is 1. The molecular formula is C30H28N6O4S. The highest BCUT2D eigenvalue weighted by molar-refractivity contribution is 7.89. The molecule has 2 heterocycles. The number of hydrogen-bond acceptors (Lipinski definition) is 6. The maximum absolute atomic E-state index is 13.4. The molecule has 0 bridgehead atoms. The Kier molecular flexibility index (Phi) is 6.76. The van der Waals surface area contributed by atoms with Crippen LogP contribution in [0.5, 0.6) is 0 Å². The van der Waals surface area contributed by atoms with Crippen molar-refractivity contribution in [2.75, 3.05) is 7.05 Å². The van der Waals surface area contributed by atoms with Crippen molar-refractivity contribution in [2.24, 2.45) is 7.05 Å². The molecule has 1 N–H and O–H groups in total. The van der Waals surface area contributed by atoms with Crippen LogP contribution in [-0.2, 0) is 23.6 Å². The first-order valence-corrected chi connectivity index (χ1v) is 14.5. The normalized spacial score (nSPS) is 16.7. The molecule has 2 atom stereocenters. The minimum Gasteiger partial charge on any atom is -0.478 e. The molecule has 208 valence electrons. The van der Waals surface area contributed by atoms with Gasteiger partial charge in [-0.05, 0) is 47.4 Å². The predicted molar refractivity (Wildman–Crippen MR) is 152 cm³/mol. The van der Waals surface area contributed by atoms with Gasteiger partial charge in [0, 0.05) is 38.7 Å². The fourth-order valence-electron chi connectivity index (χ4n) is 5.20. The average Bonchev–Trinajstić information content (AvgIpc) is 3.42. The Labute approximate surface area is 237 Å². The van der Waals surface area contributed by atoms with Crippen molar-refractivity contribution < 1.29 is 18.3 Å². The van der Waals surface area contributed by atoms with E-state index in [0.717, 1.165) is 28.8 Å². The predicted octanol–water partition coefficient (Wildman–Crippen LogP) is 4.46. The Hall–Kier alpha value is -4.61. The molecule has 6 rings (SSSR count). The number of aromatic carboxylic acids is 1. The van der Waals surface area contributed by atoms with E-state index in [1.807, 2.05) is 72.9 Å². The van der Waals surface area contributed by atoms with Gasteiger partial charge in [-0.2, -0.15) is 9.40 Å². The van der Waals surface area contributed by atoms with Gasteiger partial charge in [0.2, 0.25) is 10.0 Å². The number of aryl methyl sites for hydroxylation is 1. The summed E-state index contributed by atoms with van der Waals surface area (Å²) in [6.45, 7) is 0.130. The fraction of sp³-hybridized carbons (Fsp3) is 0.200. The van der Waals surface area contributed by atoms with Crippen LogP contribution >= 0.6 is 0 Å². The molecule has 0 aliphatic heterocycles. The van der Waals surface area contributed by atoms with Crippen molar-refractivity contribution in [3.05, 3.63) is 114 Å². The second-order valence-corrected chi connectivity index (χ2v) is 12.3. The monoisotopic (exact) mass is 568 g/mol. The average molecular weight is 569 g/mol. The SMILES string of the molecule is CN(Cc1cccc(-n2ncc(C(=O)O)c2[C@@H]2C[C@H]2c2cn(C)nn2)c1)S(=O)(=O)c1ccc(-c2ccccc2)cc1. The summed E-state index contributed by atoms with van der Waals surface area (Å²) in [6.07, 6.45) is 3.96. The molecule has 3 aromatic carbocycles. The fourth-order valence-corrected chi connectivity index (χ4v) is 6.36. The third-order valence-electron chi connectivity index (χ3n) is 7.41. The molecule has 0 unspecified atom stereocenters. The maximum Gasteiger partial charge on any atom is 0.339 e. The Morgan fingerprint density at radius 3 is 2.41 bits per heavy atom. The molecule has 11 heteroatoms. The largest absolute Gasteiger partial charge is 0.478 e. The number of carboxylic acid groups (broad SMARTS) is 1. The molecule has 0 amide bonds. The lowest BCUT2D eigenvalue weighted by Gasteiger charge is -2.18. The second kappa shape index (κ2) is 10.4. The molecule has 0 radical (unpaired) electrons. The molecule has 2 aromatic heterocycles. The van der Waals surface area contributed by atoms with E-state index >= 15 is 0 Å². The number of aromatic nitrogens is 5. The van der Waals surface area contributed by atoms with Gasteiger partial charge in [-0.1, -0.05) is 59.8 Å². The van der Waals surface area contributed by atoms with Crippen LogP contribution in [0.2, 0.25) is 0 Å². The Morgan fingerprint density at radius 2 is 1.73 bits per heavy atom. The van der Waals surface area contributed by atoms with Crippen LogP contribution in [0.1, 0.15) is 45.6 Å². The smallest absolute Gasteiger partial charge is 0.339 e. The summed E-state index contributed by atoms with van der Waals surface area (Å²) in [5.74, 6) is -1.05. The Balaban J connectivity index is 1.24. The van der Waals surface area contributed by atoms with Crippen LogP contribution in [0.4, 0.5) is 0 Å². The third kappa shape index (κ3) is 5.17. The van der Waals surface area contributed by atoms with Crippen molar-refractivity contribution in [3.63, 3.8) is 0 Å². The van der Waals surface area contributed by atoms with Crippen molar-refractivity contribution in [1.29, 1.82) is 0 Å². The number of hydrogen-bond donors (Lipinski definition) is 1. The quantitative estimate of drug-likeness (QED) is 0.279. The van der Waals surface area contributed by atoms with Gasteiger partial charge >= 0.3 is 5.97 Å². The third-order valence-corrected chi connectivity index (χ3v) is 9.23. The van der Waals surface area contributed by atoms with Crippen molar-refractivity contribution in [3.8, 4) is 16.8 Å². The van der Waals surface area contributed by atoms with Gasteiger partial charge in [-0.15, -0.1) is 5.10 Å². The van der Waals surface area contributed by atoms with Crippen LogP contribution in [-0.4, -0.2) is 55.6 Å². The van der Waals surface area contributed by atoms with Gasteiger partial charge in [-0.3, -0.25) is 4.68 Å². The van der Waals surface area contributed by atoms with Crippen molar-refractivity contribution >= 4 is 16.0 Å². The van der Waals surface area contributed by atoms with Gasteiger partial charge in [-0.25, -0.2) is 17.9 Å². The lowest BCUT2D eigenvalue weighted by atomic mass is 10.1. The first-order chi connectivity index (χ1) is 19.7. The summed E-state index contributed by atoms with van der Waals surface area (Å²) < 4.78 is 31.3. The lowest BCUT2D eigenvalue weighted by Crippen LogP contribution is -2.26. The zero-order chi connectivity index (χ0) is 28.7. The number of nitrogens with zero attached hydrogens (tertiary/aromatic N) is 6. The van der Waals surface area contributed by atoms with Crippen LogP contribution in [0.25, 0.3) is 16.8 Å². The molecule has 1 saturated carbocycles. The van der Waals surface area contributed by atoms with E-state index < -0.39 is 16.0 Å². The first-order valence-electron chi connectivity index (χ1n) is 13.1. The molecule has 1 aliphatic rings. The van der Waals surface area contributed by atoms with Gasteiger partial charge in [0.15, 0.2) is 0 Å². The van der Waals surface area contributed by atoms with E-state index in [9.17, 15) is 18.3 Å². The van der Waals surface area contributed by atoms with E-state index in [4.69, 9.17) is 0 Å². The minimum absolute atomic E-state index is 0.0602. The molecule has 0 saturated heterocycles. The van der Waals surface area contributed by atoms with E-state index in [2.05, 4.69) is 15.4 Å².